The average molecular weight is 302 g/mol. The van der Waals surface area contributed by atoms with Crippen molar-refractivity contribution in [1.82, 2.24) is 4.98 Å². The van der Waals surface area contributed by atoms with E-state index in [1.165, 1.54) is 6.20 Å². The van der Waals surface area contributed by atoms with Crippen LogP contribution >= 0.6 is 0 Å². The van der Waals surface area contributed by atoms with Crippen LogP contribution in [0.4, 0.5) is 0 Å². The third-order valence-electron chi connectivity index (χ3n) is 2.99. The zero-order valence-corrected chi connectivity index (χ0v) is 12.2. The van der Waals surface area contributed by atoms with Gasteiger partial charge in [-0.05, 0) is 31.4 Å². The Kier molecular flexibility index (Phi) is 6.29. The Morgan fingerprint density at radius 2 is 1.91 bits per heavy atom. The fourth-order valence-corrected chi connectivity index (χ4v) is 1.83. The van der Waals surface area contributed by atoms with Gasteiger partial charge in [0, 0.05) is 25.2 Å². The number of esters is 2. The number of aliphatic imine (C=N–C) groups is 1. The van der Waals surface area contributed by atoms with Crippen molar-refractivity contribution in [3.63, 3.8) is 0 Å². The van der Waals surface area contributed by atoms with Gasteiger partial charge in [-0.25, -0.2) is 9.59 Å². The van der Waals surface area contributed by atoms with E-state index >= 15 is 0 Å². The van der Waals surface area contributed by atoms with E-state index in [1.807, 2.05) is 6.08 Å². The predicted octanol–water partition coefficient (Wildman–Crippen LogP) is 1.96. The molecular weight excluding hydrogens is 284 g/mol. The highest BCUT2D eigenvalue weighted by Crippen LogP contribution is 2.05. The number of aromatic nitrogens is 1. The van der Waals surface area contributed by atoms with Crippen LogP contribution in [-0.4, -0.2) is 42.9 Å². The van der Waals surface area contributed by atoms with Crippen LogP contribution in [0.15, 0.2) is 41.2 Å². The van der Waals surface area contributed by atoms with Gasteiger partial charge in [-0.3, -0.25) is 9.98 Å². The molecule has 2 rings (SSSR count). The van der Waals surface area contributed by atoms with Crippen LogP contribution in [0.2, 0.25) is 0 Å². The second kappa shape index (κ2) is 8.71. The summed E-state index contributed by atoms with van der Waals surface area (Å²) in [6, 6.07) is 3.33. The van der Waals surface area contributed by atoms with Gasteiger partial charge in [-0.15, -0.1) is 0 Å². The number of hydrogen-bond acceptors (Lipinski definition) is 6. The zero-order chi connectivity index (χ0) is 15.6. The first-order chi connectivity index (χ1) is 10.8. The molecule has 6 nitrogen and oxygen atoms in total. The van der Waals surface area contributed by atoms with Gasteiger partial charge in [0.25, 0.3) is 0 Å². The summed E-state index contributed by atoms with van der Waals surface area (Å²) in [4.78, 5) is 31.2. The molecule has 0 unspecified atom stereocenters. The van der Waals surface area contributed by atoms with E-state index in [2.05, 4.69) is 9.98 Å². The summed E-state index contributed by atoms with van der Waals surface area (Å²) in [5.74, 6) is -0.746. The first-order valence-corrected chi connectivity index (χ1v) is 7.21. The average Bonchev–Trinajstić information content (AvgIpc) is 2.59. The Bertz CT molecular complexity index is 567. The Labute approximate surface area is 128 Å². The summed E-state index contributed by atoms with van der Waals surface area (Å²) in [5, 5.41) is 0. The molecule has 1 aromatic rings. The molecular formula is C16H18N2O4. The Hall–Kier alpha value is -2.50. The fraction of sp³-hybridized carbons (Fsp3) is 0.375. The van der Waals surface area contributed by atoms with E-state index in [9.17, 15) is 9.59 Å². The normalized spacial score (nSPS) is 13.4. The maximum Gasteiger partial charge on any atom is 0.339 e. The molecule has 0 radical (unpaired) electrons. The van der Waals surface area contributed by atoms with Gasteiger partial charge >= 0.3 is 11.9 Å². The molecule has 1 aromatic heterocycles. The van der Waals surface area contributed by atoms with Crippen molar-refractivity contribution < 1.29 is 19.1 Å². The maximum atomic E-state index is 11.6. The molecule has 2 heterocycles. The summed E-state index contributed by atoms with van der Waals surface area (Å²) < 4.78 is 10.2. The highest BCUT2D eigenvalue weighted by atomic mass is 16.5. The number of nitrogens with zero attached hydrogens (tertiary/aromatic N) is 2. The smallest absolute Gasteiger partial charge is 0.339 e. The number of dihydropyridines is 1. The summed E-state index contributed by atoms with van der Waals surface area (Å²) in [6.07, 6.45) is 8.46. The zero-order valence-electron chi connectivity index (χ0n) is 12.2. The third-order valence-corrected chi connectivity index (χ3v) is 2.99. The van der Waals surface area contributed by atoms with Crippen LogP contribution in [0.1, 0.15) is 29.6 Å². The molecule has 0 aliphatic carbocycles. The summed E-state index contributed by atoms with van der Waals surface area (Å²) in [5.41, 5.74) is 0.937. The highest BCUT2D eigenvalue weighted by Gasteiger charge is 2.10. The van der Waals surface area contributed by atoms with Crippen molar-refractivity contribution >= 4 is 18.2 Å². The Balaban J connectivity index is 1.56. The van der Waals surface area contributed by atoms with E-state index in [1.54, 1.807) is 24.5 Å². The van der Waals surface area contributed by atoms with Gasteiger partial charge in [0.05, 0.1) is 24.4 Å². The quantitative estimate of drug-likeness (QED) is 0.568. The molecule has 0 bridgehead atoms. The van der Waals surface area contributed by atoms with Gasteiger partial charge < -0.3 is 9.47 Å². The van der Waals surface area contributed by atoms with Crippen LogP contribution in [0.3, 0.4) is 0 Å². The van der Waals surface area contributed by atoms with Crippen molar-refractivity contribution in [2.75, 3.05) is 19.8 Å². The van der Waals surface area contributed by atoms with E-state index in [4.69, 9.17) is 9.47 Å². The van der Waals surface area contributed by atoms with Crippen molar-refractivity contribution in [3.05, 3.63) is 41.7 Å². The van der Waals surface area contributed by atoms with Crippen molar-refractivity contribution in [2.45, 2.75) is 19.3 Å². The highest BCUT2D eigenvalue weighted by molar-refractivity contribution is 6.09. The van der Waals surface area contributed by atoms with Gasteiger partial charge in [0.1, 0.15) is 0 Å². The Morgan fingerprint density at radius 1 is 1.14 bits per heavy atom. The van der Waals surface area contributed by atoms with E-state index in [-0.39, 0.29) is 12.6 Å². The first-order valence-electron chi connectivity index (χ1n) is 7.21. The van der Waals surface area contributed by atoms with Crippen LogP contribution in [0.25, 0.3) is 0 Å². The molecule has 0 amide bonds. The van der Waals surface area contributed by atoms with E-state index in [0.717, 1.165) is 13.0 Å². The number of rotatable bonds is 7. The lowest BCUT2D eigenvalue weighted by Crippen LogP contribution is -2.13. The molecule has 116 valence electrons. The van der Waals surface area contributed by atoms with Crippen LogP contribution in [0, 0.1) is 0 Å². The largest absolute Gasteiger partial charge is 0.462 e. The minimum absolute atomic E-state index is 0.287. The van der Waals surface area contributed by atoms with Crippen LogP contribution in [-0.2, 0) is 14.3 Å². The minimum atomic E-state index is -0.395. The molecule has 0 saturated carbocycles. The number of ether oxygens (including phenoxy) is 2. The van der Waals surface area contributed by atoms with Crippen molar-refractivity contribution in [3.8, 4) is 0 Å². The minimum Gasteiger partial charge on any atom is -0.462 e. The van der Waals surface area contributed by atoms with Crippen LogP contribution in [0.5, 0.6) is 0 Å². The molecule has 0 fully saturated rings. The fourth-order valence-electron chi connectivity index (χ4n) is 1.83. The lowest BCUT2D eigenvalue weighted by atomic mass is 10.2. The number of carbonyl (C=O) groups is 2. The second-order valence-corrected chi connectivity index (χ2v) is 4.70. The van der Waals surface area contributed by atoms with Crippen LogP contribution < -0.4 is 0 Å². The number of carbonyl (C=O) groups excluding carboxylic acids is 2. The summed E-state index contributed by atoms with van der Waals surface area (Å²) in [7, 11) is 0. The number of pyridine rings is 1. The number of hydrogen-bond donors (Lipinski definition) is 0. The molecule has 1 aliphatic rings. The monoisotopic (exact) mass is 302 g/mol. The molecule has 0 saturated heterocycles. The van der Waals surface area contributed by atoms with E-state index in [0.29, 0.717) is 30.6 Å². The van der Waals surface area contributed by atoms with Crippen molar-refractivity contribution in [1.29, 1.82) is 0 Å². The predicted molar refractivity (Wildman–Crippen MR) is 80.8 cm³/mol. The lowest BCUT2D eigenvalue weighted by molar-refractivity contribution is -0.138. The number of unbranched alkanes of at least 4 members (excludes halogenated alkanes) is 1. The standard InChI is InChI=1S/C16H18N2O4/c19-15(13-5-3-7-17-11-13)21-9-1-2-10-22-16(20)14-6-4-8-18-12-14/h3,5-7,11-12H,1-2,4,8-10H2. The molecule has 0 aromatic carbocycles. The van der Waals surface area contributed by atoms with Gasteiger partial charge in [-0.1, -0.05) is 6.08 Å². The summed E-state index contributed by atoms with van der Waals surface area (Å²) >= 11 is 0. The lowest BCUT2D eigenvalue weighted by Gasteiger charge is -2.08. The second-order valence-electron chi connectivity index (χ2n) is 4.70. The molecule has 22 heavy (non-hydrogen) atoms. The first kappa shape index (κ1) is 15.9. The maximum absolute atomic E-state index is 11.6. The topological polar surface area (TPSA) is 77.9 Å². The van der Waals surface area contributed by atoms with Gasteiger partial charge in [0.2, 0.25) is 0 Å². The molecule has 6 heteroatoms. The molecule has 1 aliphatic heterocycles. The SMILES string of the molecule is O=C(OCCCCOC(=O)c1cccnc1)C1=CCCN=C1. The van der Waals surface area contributed by atoms with Gasteiger partial charge in [0.15, 0.2) is 0 Å². The van der Waals surface area contributed by atoms with E-state index < -0.39 is 5.97 Å². The molecule has 0 atom stereocenters. The van der Waals surface area contributed by atoms with Gasteiger partial charge in [-0.2, -0.15) is 0 Å². The molecule has 0 spiro atoms. The third kappa shape index (κ3) is 5.12. The molecule has 0 N–H and O–H groups in total. The summed E-state index contributed by atoms with van der Waals surface area (Å²) in [6.45, 7) is 1.31. The Morgan fingerprint density at radius 3 is 2.55 bits per heavy atom. The van der Waals surface area contributed by atoms with Crippen molar-refractivity contribution in [2.24, 2.45) is 4.99 Å².